The van der Waals surface area contributed by atoms with Gasteiger partial charge in [-0.3, -0.25) is 4.79 Å². The number of H-pyrrole nitrogens is 1. The predicted octanol–water partition coefficient (Wildman–Crippen LogP) is 6.14. The minimum Gasteiger partial charge on any atom is -0.361 e. The number of benzene rings is 2. The maximum absolute atomic E-state index is 13.7. The van der Waals surface area contributed by atoms with E-state index in [2.05, 4.69) is 43.0 Å². The minimum absolute atomic E-state index is 0.0358. The highest BCUT2D eigenvalue weighted by Crippen LogP contribution is 2.32. The van der Waals surface area contributed by atoms with E-state index in [0.717, 1.165) is 28.5 Å². The molecule has 1 saturated carbocycles. The standard InChI is InChI=1S/C25H22BrClN4O/c26-21-8-7-17(11-22(21)27)24-20(13-28-15-30-24)25(32)31(14-16-5-6-16)10-9-18-12-29-23-4-2-1-3-19(18)23/h1-4,7-8,11-13,15-16,29H,5-6,9-10,14H2. The number of halogens is 2. The van der Waals surface area contributed by atoms with Crippen LogP contribution in [-0.4, -0.2) is 38.8 Å². The molecule has 0 bridgehead atoms. The Morgan fingerprint density at radius 3 is 2.88 bits per heavy atom. The van der Waals surface area contributed by atoms with Crippen LogP contribution in [0.2, 0.25) is 5.02 Å². The third kappa shape index (κ3) is 4.43. The number of aromatic nitrogens is 3. The van der Waals surface area contributed by atoms with Crippen molar-refractivity contribution in [3.63, 3.8) is 0 Å². The molecule has 5 nitrogen and oxygen atoms in total. The molecule has 0 spiro atoms. The largest absolute Gasteiger partial charge is 0.361 e. The fourth-order valence-corrected chi connectivity index (χ4v) is 4.44. The summed E-state index contributed by atoms with van der Waals surface area (Å²) in [5.74, 6) is 0.545. The van der Waals surface area contributed by atoms with Crippen molar-refractivity contribution in [1.29, 1.82) is 0 Å². The van der Waals surface area contributed by atoms with Gasteiger partial charge in [0, 0.05) is 46.4 Å². The average Bonchev–Trinajstić information content (AvgIpc) is 3.55. The normalized spacial score (nSPS) is 13.4. The summed E-state index contributed by atoms with van der Waals surface area (Å²) < 4.78 is 0.805. The van der Waals surface area contributed by atoms with Crippen molar-refractivity contribution >= 4 is 44.3 Å². The SMILES string of the molecule is O=C(c1cncnc1-c1ccc(Br)c(Cl)c1)N(CCc1c[nH]c2ccccc12)CC1CC1. The first-order valence-electron chi connectivity index (χ1n) is 10.7. The lowest BCUT2D eigenvalue weighted by molar-refractivity contribution is 0.0749. The van der Waals surface area contributed by atoms with Crippen LogP contribution in [0.15, 0.2) is 65.7 Å². The molecule has 2 aromatic heterocycles. The van der Waals surface area contributed by atoms with Gasteiger partial charge in [-0.15, -0.1) is 0 Å². The number of hydrogen-bond donors (Lipinski definition) is 1. The summed E-state index contributed by atoms with van der Waals surface area (Å²) in [6.07, 6.45) is 8.28. The molecule has 1 aliphatic rings. The van der Waals surface area contributed by atoms with E-state index < -0.39 is 0 Å². The Labute approximate surface area is 200 Å². The van der Waals surface area contributed by atoms with Gasteiger partial charge in [0.1, 0.15) is 6.33 Å². The predicted molar refractivity (Wildman–Crippen MR) is 131 cm³/mol. The summed E-state index contributed by atoms with van der Waals surface area (Å²) in [5, 5.41) is 1.79. The van der Waals surface area contributed by atoms with Crippen LogP contribution in [0.5, 0.6) is 0 Å². The highest BCUT2D eigenvalue weighted by Gasteiger charge is 2.29. The van der Waals surface area contributed by atoms with Crippen LogP contribution in [0.25, 0.3) is 22.2 Å². The van der Waals surface area contributed by atoms with Gasteiger partial charge in [0.15, 0.2) is 0 Å². The molecule has 1 aliphatic carbocycles. The molecule has 0 radical (unpaired) electrons. The van der Waals surface area contributed by atoms with E-state index in [9.17, 15) is 4.79 Å². The number of amides is 1. The van der Waals surface area contributed by atoms with Crippen molar-refractivity contribution in [2.75, 3.05) is 13.1 Å². The summed E-state index contributed by atoms with van der Waals surface area (Å²) in [5.41, 5.74) is 4.25. The first-order chi connectivity index (χ1) is 15.6. The second kappa shape index (κ2) is 9.04. The molecular weight excluding hydrogens is 488 g/mol. The van der Waals surface area contributed by atoms with E-state index in [0.29, 0.717) is 28.7 Å². The van der Waals surface area contributed by atoms with Gasteiger partial charge in [-0.2, -0.15) is 0 Å². The summed E-state index contributed by atoms with van der Waals surface area (Å²) >= 11 is 9.72. The zero-order chi connectivity index (χ0) is 22.1. The van der Waals surface area contributed by atoms with Gasteiger partial charge in [0.05, 0.1) is 16.3 Å². The number of fused-ring (bicyclic) bond motifs is 1. The molecule has 5 rings (SSSR count). The maximum atomic E-state index is 13.7. The van der Waals surface area contributed by atoms with Crippen LogP contribution in [0.4, 0.5) is 0 Å². The van der Waals surface area contributed by atoms with Gasteiger partial charge in [0.25, 0.3) is 5.91 Å². The Bertz CT molecular complexity index is 1280. The summed E-state index contributed by atoms with van der Waals surface area (Å²) in [6.45, 7) is 1.41. The lowest BCUT2D eigenvalue weighted by Gasteiger charge is -2.23. The van der Waals surface area contributed by atoms with Crippen molar-refractivity contribution < 1.29 is 4.79 Å². The highest BCUT2D eigenvalue weighted by molar-refractivity contribution is 9.10. The first kappa shape index (κ1) is 21.2. The van der Waals surface area contributed by atoms with Crippen molar-refractivity contribution in [3.05, 3.63) is 81.8 Å². The van der Waals surface area contributed by atoms with Crippen LogP contribution in [0.3, 0.4) is 0 Å². The molecule has 7 heteroatoms. The van der Waals surface area contributed by atoms with Crippen molar-refractivity contribution in [3.8, 4) is 11.3 Å². The molecule has 2 aromatic carbocycles. The van der Waals surface area contributed by atoms with Crippen molar-refractivity contribution in [2.24, 2.45) is 5.92 Å². The molecule has 0 aliphatic heterocycles. The number of carbonyl (C=O) groups excluding carboxylic acids is 1. The van der Waals surface area contributed by atoms with Gasteiger partial charge in [-0.25, -0.2) is 9.97 Å². The molecular formula is C25H22BrClN4O. The second-order valence-corrected chi connectivity index (χ2v) is 9.48. The van der Waals surface area contributed by atoms with E-state index in [-0.39, 0.29) is 5.91 Å². The Kier molecular flexibility index (Phi) is 5.98. The average molecular weight is 510 g/mol. The lowest BCUT2D eigenvalue weighted by atomic mass is 10.1. The number of hydrogen-bond acceptors (Lipinski definition) is 3. The number of nitrogens with one attached hydrogen (secondary N) is 1. The molecule has 0 saturated heterocycles. The molecule has 0 unspecified atom stereocenters. The number of aromatic amines is 1. The van der Waals surface area contributed by atoms with E-state index >= 15 is 0 Å². The number of rotatable bonds is 7. The lowest BCUT2D eigenvalue weighted by Crippen LogP contribution is -2.35. The molecule has 1 fully saturated rings. The van der Waals surface area contributed by atoms with Gasteiger partial charge in [0.2, 0.25) is 0 Å². The topological polar surface area (TPSA) is 61.9 Å². The third-order valence-corrected chi connectivity index (χ3v) is 7.16. The van der Waals surface area contributed by atoms with E-state index in [1.54, 1.807) is 6.20 Å². The number of para-hydroxylation sites is 1. The Morgan fingerprint density at radius 1 is 1.22 bits per heavy atom. The van der Waals surface area contributed by atoms with E-state index in [1.165, 1.54) is 30.1 Å². The summed E-state index contributed by atoms with van der Waals surface area (Å²) in [4.78, 5) is 27.5. The van der Waals surface area contributed by atoms with Crippen LogP contribution in [0, 0.1) is 5.92 Å². The number of carbonyl (C=O) groups is 1. The number of nitrogens with zero attached hydrogens (tertiary/aromatic N) is 3. The molecule has 1 N–H and O–H groups in total. The molecule has 2 heterocycles. The van der Waals surface area contributed by atoms with Gasteiger partial charge < -0.3 is 9.88 Å². The molecule has 162 valence electrons. The molecule has 1 amide bonds. The van der Waals surface area contributed by atoms with Crippen LogP contribution in [0.1, 0.15) is 28.8 Å². The monoisotopic (exact) mass is 508 g/mol. The zero-order valence-corrected chi connectivity index (χ0v) is 19.7. The van der Waals surface area contributed by atoms with Gasteiger partial charge in [-0.05, 0) is 64.9 Å². The Hall–Kier alpha value is -2.70. The maximum Gasteiger partial charge on any atom is 0.257 e. The molecule has 0 atom stereocenters. The van der Waals surface area contributed by atoms with Crippen molar-refractivity contribution in [1.82, 2.24) is 19.9 Å². The van der Waals surface area contributed by atoms with E-state index in [4.69, 9.17) is 11.6 Å². The van der Waals surface area contributed by atoms with Gasteiger partial charge >= 0.3 is 0 Å². The Balaban J connectivity index is 1.43. The quantitative estimate of drug-likeness (QED) is 0.326. The Morgan fingerprint density at radius 2 is 2.06 bits per heavy atom. The summed E-state index contributed by atoms with van der Waals surface area (Å²) in [6, 6.07) is 13.9. The van der Waals surface area contributed by atoms with Crippen LogP contribution >= 0.6 is 27.5 Å². The van der Waals surface area contributed by atoms with Crippen molar-refractivity contribution in [2.45, 2.75) is 19.3 Å². The molecule has 4 aromatic rings. The minimum atomic E-state index is -0.0358. The summed E-state index contributed by atoms with van der Waals surface area (Å²) in [7, 11) is 0. The first-order valence-corrected chi connectivity index (χ1v) is 11.9. The van der Waals surface area contributed by atoms with Crippen LogP contribution < -0.4 is 0 Å². The van der Waals surface area contributed by atoms with Crippen LogP contribution in [-0.2, 0) is 6.42 Å². The van der Waals surface area contributed by atoms with Gasteiger partial charge in [-0.1, -0.05) is 35.9 Å². The fourth-order valence-electron chi connectivity index (χ4n) is 4.01. The fraction of sp³-hybridized carbons (Fsp3) is 0.240. The zero-order valence-electron chi connectivity index (χ0n) is 17.4. The second-order valence-electron chi connectivity index (χ2n) is 8.22. The molecule has 32 heavy (non-hydrogen) atoms. The third-order valence-electron chi connectivity index (χ3n) is 5.92. The smallest absolute Gasteiger partial charge is 0.257 e. The van der Waals surface area contributed by atoms with E-state index in [1.807, 2.05) is 41.4 Å². The highest BCUT2D eigenvalue weighted by atomic mass is 79.9.